The van der Waals surface area contributed by atoms with Crippen molar-refractivity contribution in [3.05, 3.63) is 27.8 Å². The maximum Gasteiger partial charge on any atom is 0.407 e. The number of rotatable bonds is 6. The number of benzene rings is 1. The molecule has 6 heteroatoms. The Morgan fingerprint density at radius 1 is 1.32 bits per heavy atom. The van der Waals surface area contributed by atoms with E-state index in [9.17, 15) is 4.79 Å². The molecule has 1 N–H and O–H groups in total. The molecular weight excluding hydrogens is 431 g/mol. The third-order valence-electron chi connectivity index (χ3n) is 3.93. The molecule has 1 amide bonds. The molecule has 5 nitrogen and oxygen atoms in total. The Kier molecular flexibility index (Phi) is 7.81. The first-order valence-electron chi connectivity index (χ1n) is 8.92. The van der Waals surface area contributed by atoms with E-state index in [4.69, 9.17) is 9.47 Å². The number of hydrogen-bond acceptors (Lipinski definition) is 4. The van der Waals surface area contributed by atoms with Gasteiger partial charge < -0.3 is 19.7 Å². The van der Waals surface area contributed by atoms with E-state index in [0.717, 1.165) is 44.6 Å². The summed E-state index contributed by atoms with van der Waals surface area (Å²) in [6, 6.07) is 8.27. The fraction of sp³-hybridized carbons (Fsp3) is 0.632. The topological polar surface area (TPSA) is 50.8 Å². The van der Waals surface area contributed by atoms with Crippen molar-refractivity contribution in [2.45, 2.75) is 51.7 Å². The molecule has 0 spiro atoms. The smallest absolute Gasteiger partial charge is 0.407 e. The molecule has 0 saturated carbocycles. The van der Waals surface area contributed by atoms with Crippen LogP contribution >= 0.6 is 22.6 Å². The molecule has 1 aromatic rings. The Hall–Kier alpha value is -1.02. The van der Waals surface area contributed by atoms with E-state index in [1.807, 2.05) is 45.0 Å². The van der Waals surface area contributed by atoms with Crippen LogP contribution in [0.15, 0.2) is 24.3 Å². The Balaban J connectivity index is 1.65. The molecule has 1 saturated heterocycles. The van der Waals surface area contributed by atoms with Gasteiger partial charge in [-0.15, -0.1) is 0 Å². The van der Waals surface area contributed by atoms with Gasteiger partial charge in [-0.05, 0) is 93.4 Å². The minimum absolute atomic E-state index is 0.167. The van der Waals surface area contributed by atoms with Gasteiger partial charge in [0.1, 0.15) is 11.4 Å². The van der Waals surface area contributed by atoms with Crippen LogP contribution in [0.5, 0.6) is 5.75 Å². The van der Waals surface area contributed by atoms with Gasteiger partial charge in [0.25, 0.3) is 0 Å². The van der Waals surface area contributed by atoms with Crippen molar-refractivity contribution in [2.75, 3.05) is 26.2 Å². The van der Waals surface area contributed by atoms with Gasteiger partial charge in [-0.25, -0.2) is 4.79 Å². The Labute approximate surface area is 164 Å². The second-order valence-corrected chi connectivity index (χ2v) is 8.69. The fourth-order valence-corrected chi connectivity index (χ4v) is 3.22. The third kappa shape index (κ3) is 8.27. The van der Waals surface area contributed by atoms with Crippen molar-refractivity contribution in [1.29, 1.82) is 0 Å². The lowest BCUT2D eigenvalue weighted by atomic mass is 10.1. The van der Waals surface area contributed by atoms with E-state index in [1.54, 1.807) is 0 Å². The predicted octanol–water partition coefficient (Wildman–Crippen LogP) is 4.05. The molecule has 1 atom stereocenters. The molecule has 0 unspecified atom stereocenters. The van der Waals surface area contributed by atoms with E-state index in [1.165, 1.54) is 3.57 Å². The van der Waals surface area contributed by atoms with Gasteiger partial charge in [0, 0.05) is 22.7 Å². The van der Waals surface area contributed by atoms with Gasteiger partial charge in [-0.1, -0.05) is 0 Å². The SMILES string of the molecule is CC(C)(C)OC(=O)N[C@@H]1CCCN(CCCOc2ccc(I)cc2)C1. The lowest BCUT2D eigenvalue weighted by Crippen LogP contribution is -2.49. The number of carbonyl (C=O) groups excluding carboxylic acids is 1. The number of ether oxygens (including phenoxy) is 2. The van der Waals surface area contributed by atoms with Gasteiger partial charge in [0.15, 0.2) is 0 Å². The second-order valence-electron chi connectivity index (χ2n) is 7.44. The van der Waals surface area contributed by atoms with Gasteiger partial charge in [-0.2, -0.15) is 0 Å². The Morgan fingerprint density at radius 3 is 2.72 bits per heavy atom. The summed E-state index contributed by atoms with van der Waals surface area (Å²) >= 11 is 2.29. The van der Waals surface area contributed by atoms with Crippen molar-refractivity contribution in [3.63, 3.8) is 0 Å². The van der Waals surface area contributed by atoms with Crippen LogP contribution in [0.3, 0.4) is 0 Å². The van der Waals surface area contributed by atoms with E-state index in [0.29, 0.717) is 6.61 Å². The first-order valence-corrected chi connectivity index (χ1v) is 10.00. The summed E-state index contributed by atoms with van der Waals surface area (Å²) in [5, 5.41) is 2.99. The van der Waals surface area contributed by atoms with Gasteiger partial charge in [-0.3, -0.25) is 0 Å². The van der Waals surface area contributed by atoms with Crippen molar-refractivity contribution >= 4 is 28.7 Å². The van der Waals surface area contributed by atoms with Gasteiger partial charge in [0.05, 0.1) is 6.61 Å². The molecule has 1 fully saturated rings. The summed E-state index contributed by atoms with van der Waals surface area (Å²) in [4.78, 5) is 14.3. The van der Waals surface area contributed by atoms with Gasteiger partial charge >= 0.3 is 6.09 Å². The van der Waals surface area contributed by atoms with Crippen LogP contribution in [-0.4, -0.2) is 48.9 Å². The largest absolute Gasteiger partial charge is 0.494 e. The maximum absolute atomic E-state index is 11.9. The minimum atomic E-state index is -0.453. The third-order valence-corrected chi connectivity index (χ3v) is 4.65. The number of likely N-dealkylation sites (tertiary alicyclic amines) is 1. The highest BCUT2D eigenvalue weighted by atomic mass is 127. The van der Waals surface area contributed by atoms with Crippen molar-refractivity contribution in [2.24, 2.45) is 0 Å². The van der Waals surface area contributed by atoms with Crippen LogP contribution in [0.25, 0.3) is 0 Å². The first kappa shape index (κ1) is 20.3. The van der Waals surface area contributed by atoms with E-state index in [-0.39, 0.29) is 12.1 Å². The molecule has 1 aliphatic rings. The number of amides is 1. The maximum atomic E-state index is 11.9. The molecule has 25 heavy (non-hydrogen) atoms. The lowest BCUT2D eigenvalue weighted by molar-refractivity contribution is 0.0471. The fourth-order valence-electron chi connectivity index (χ4n) is 2.86. The Bertz CT molecular complexity index is 543. The Morgan fingerprint density at radius 2 is 2.04 bits per heavy atom. The summed E-state index contributed by atoms with van der Waals surface area (Å²) in [5.41, 5.74) is -0.453. The number of carbonyl (C=O) groups is 1. The highest BCUT2D eigenvalue weighted by Gasteiger charge is 2.23. The number of halogens is 1. The second kappa shape index (κ2) is 9.62. The van der Waals surface area contributed by atoms with Crippen molar-refractivity contribution in [3.8, 4) is 5.75 Å². The molecule has 0 aromatic heterocycles. The molecule has 1 aromatic carbocycles. The van der Waals surface area contributed by atoms with Crippen LogP contribution in [0.1, 0.15) is 40.0 Å². The molecule has 0 bridgehead atoms. The monoisotopic (exact) mass is 460 g/mol. The van der Waals surface area contributed by atoms with E-state index in [2.05, 4.69) is 32.8 Å². The molecule has 0 radical (unpaired) electrons. The summed E-state index contributed by atoms with van der Waals surface area (Å²) in [6.45, 7) is 9.30. The highest BCUT2D eigenvalue weighted by Crippen LogP contribution is 2.15. The molecule has 1 aliphatic heterocycles. The van der Waals surface area contributed by atoms with Crippen LogP contribution in [0, 0.1) is 3.57 Å². The normalized spacial score (nSPS) is 18.6. The zero-order chi connectivity index (χ0) is 18.3. The number of alkyl carbamates (subject to hydrolysis) is 1. The molecule has 0 aliphatic carbocycles. The van der Waals surface area contributed by atoms with Crippen LogP contribution < -0.4 is 10.1 Å². The highest BCUT2D eigenvalue weighted by molar-refractivity contribution is 14.1. The number of piperidine rings is 1. The summed E-state index contributed by atoms with van der Waals surface area (Å²) < 4.78 is 12.3. The van der Waals surface area contributed by atoms with Crippen LogP contribution in [0.2, 0.25) is 0 Å². The predicted molar refractivity (Wildman–Crippen MR) is 108 cm³/mol. The standard InChI is InChI=1S/C19H29IN2O3/c1-19(2,3)25-18(23)21-16-6-4-11-22(14-16)12-5-13-24-17-9-7-15(20)8-10-17/h7-10,16H,4-6,11-14H2,1-3H3,(H,21,23)/t16-/m1/s1. The van der Waals surface area contributed by atoms with Gasteiger partial charge in [0.2, 0.25) is 0 Å². The van der Waals surface area contributed by atoms with E-state index >= 15 is 0 Å². The van der Waals surface area contributed by atoms with E-state index < -0.39 is 5.60 Å². The summed E-state index contributed by atoms with van der Waals surface area (Å²) in [5.74, 6) is 0.920. The molecule has 2 rings (SSSR count). The zero-order valence-electron chi connectivity index (χ0n) is 15.4. The summed E-state index contributed by atoms with van der Waals surface area (Å²) in [6.07, 6.45) is 2.76. The lowest BCUT2D eigenvalue weighted by Gasteiger charge is -2.33. The average Bonchev–Trinajstić information content (AvgIpc) is 2.52. The molecule has 1 heterocycles. The van der Waals surface area contributed by atoms with Crippen LogP contribution in [0.4, 0.5) is 4.79 Å². The number of nitrogens with one attached hydrogen (secondary N) is 1. The minimum Gasteiger partial charge on any atom is -0.494 e. The number of hydrogen-bond donors (Lipinski definition) is 1. The van der Waals surface area contributed by atoms with Crippen LogP contribution in [-0.2, 0) is 4.74 Å². The summed E-state index contributed by atoms with van der Waals surface area (Å²) in [7, 11) is 0. The average molecular weight is 460 g/mol. The molecular formula is C19H29IN2O3. The zero-order valence-corrected chi connectivity index (χ0v) is 17.5. The first-order chi connectivity index (χ1) is 11.8. The quantitative estimate of drug-likeness (QED) is 0.514. The molecule has 140 valence electrons. The van der Waals surface area contributed by atoms with Crippen molar-refractivity contribution in [1.82, 2.24) is 10.2 Å². The van der Waals surface area contributed by atoms with Crippen molar-refractivity contribution < 1.29 is 14.3 Å². The number of nitrogens with zero attached hydrogens (tertiary/aromatic N) is 1.